The highest BCUT2D eigenvalue weighted by Crippen LogP contribution is 2.28. The quantitative estimate of drug-likeness (QED) is 0.221. The number of para-hydroxylation sites is 1. The largest absolute Gasteiger partial charge is 0.497 e. The lowest BCUT2D eigenvalue weighted by Gasteiger charge is -2.10. The van der Waals surface area contributed by atoms with Gasteiger partial charge in [0, 0.05) is 26.4 Å². The normalized spacial score (nSPS) is 10.8. The van der Waals surface area contributed by atoms with Crippen molar-refractivity contribution < 1.29 is 19.1 Å². The van der Waals surface area contributed by atoms with E-state index in [-0.39, 0.29) is 0 Å². The number of anilines is 1. The molecule has 184 valence electrons. The molecule has 0 spiro atoms. The molecule has 0 saturated carbocycles. The molecule has 0 radical (unpaired) electrons. The molecule has 2 aromatic heterocycles. The number of methoxy groups -OCH3 is 1. The number of nitrogens with one attached hydrogen (secondary N) is 1. The van der Waals surface area contributed by atoms with Crippen LogP contribution in [0.5, 0.6) is 5.75 Å². The second-order valence-electron chi connectivity index (χ2n) is 7.97. The molecule has 0 aliphatic heterocycles. The first-order valence-electron chi connectivity index (χ1n) is 11.2. The molecule has 1 N–H and O–H groups in total. The molecule has 3 aromatic carbocycles. The Hall–Kier alpha value is -4.08. The number of pyridine rings is 1. The monoisotopic (exact) mass is 573 g/mol. The van der Waals surface area contributed by atoms with Crippen molar-refractivity contribution in [2.75, 3.05) is 19.0 Å². The van der Waals surface area contributed by atoms with Gasteiger partial charge in [0.15, 0.2) is 11.7 Å². The topological polar surface area (TPSA) is 90.4 Å². The Morgan fingerprint density at radius 2 is 1.62 bits per heavy atom. The molecule has 0 unspecified atom stereocenters. The van der Waals surface area contributed by atoms with Crippen molar-refractivity contribution in [3.05, 3.63) is 94.3 Å². The molecule has 0 saturated heterocycles. The minimum absolute atomic E-state index is 0.340. The second kappa shape index (κ2) is 10.9. The Balaban J connectivity index is 1.28. The van der Waals surface area contributed by atoms with Crippen LogP contribution < -0.4 is 10.1 Å². The third kappa shape index (κ3) is 5.68. The lowest BCUT2D eigenvalue weighted by Crippen LogP contribution is -2.21. The van der Waals surface area contributed by atoms with E-state index in [2.05, 4.69) is 31.2 Å². The van der Waals surface area contributed by atoms with Crippen molar-refractivity contribution in [2.24, 2.45) is 0 Å². The maximum Gasteiger partial charge on any atom is 0.339 e. The van der Waals surface area contributed by atoms with Gasteiger partial charge in [-0.25, -0.2) is 14.8 Å². The minimum Gasteiger partial charge on any atom is -0.497 e. The average molecular weight is 574 g/mol. The highest BCUT2D eigenvalue weighted by Gasteiger charge is 2.17. The van der Waals surface area contributed by atoms with Crippen LogP contribution in [0.15, 0.2) is 88.7 Å². The Morgan fingerprint density at radius 3 is 2.38 bits per heavy atom. The number of carbonyl (C=O) groups is 2. The van der Waals surface area contributed by atoms with E-state index in [0.29, 0.717) is 27.3 Å². The van der Waals surface area contributed by atoms with Crippen LogP contribution in [0.3, 0.4) is 0 Å². The number of nitrogens with zero attached hydrogens (tertiary/aromatic N) is 2. The predicted octanol–water partition coefficient (Wildman–Crippen LogP) is 6.59. The van der Waals surface area contributed by atoms with Crippen LogP contribution in [-0.2, 0) is 9.53 Å². The van der Waals surface area contributed by atoms with Crippen molar-refractivity contribution in [2.45, 2.75) is 0 Å². The van der Waals surface area contributed by atoms with E-state index in [1.54, 1.807) is 19.2 Å². The maximum atomic E-state index is 13.0. The van der Waals surface area contributed by atoms with Gasteiger partial charge in [0.25, 0.3) is 5.91 Å². The lowest BCUT2D eigenvalue weighted by molar-refractivity contribution is -0.119. The van der Waals surface area contributed by atoms with Crippen LogP contribution in [0.1, 0.15) is 10.4 Å². The van der Waals surface area contributed by atoms with Crippen LogP contribution in [-0.4, -0.2) is 35.6 Å². The molecular weight excluding hydrogens is 554 g/mol. The van der Waals surface area contributed by atoms with Crippen molar-refractivity contribution >= 4 is 55.2 Å². The number of thiazole rings is 1. The number of hydrogen-bond donors (Lipinski definition) is 1. The van der Waals surface area contributed by atoms with Gasteiger partial charge in [-0.05, 0) is 48.5 Å². The van der Waals surface area contributed by atoms with Crippen LogP contribution in [0.2, 0.25) is 0 Å². The maximum absolute atomic E-state index is 13.0. The SMILES string of the molecule is COc1ccc(-c2csc(NC(=O)COC(=O)c3cc(-c4ccc(Br)cc4)nc4ccccc34)n2)cc1. The van der Waals surface area contributed by atoms with Crippen molar-refractivity contribution in [1.82, 2.24) is 9.97 Å². The summed E-state index contributed by atoms with van der Waals surface area (Å²) in [5, 5.41) is 5.60. The zero-order valence-electron chi connectivity index (χ0n) is 19.6. The summed E-state index contributed by atoms with van der Waals surface area (Å²) in [5.74, 6) is -0.332. The van der Waals surface area contributed by atoms with E-state index >= 15 is 0 Å². The average Bonchev–Trinajstić information content (AvgIpc) is 3.40. The highest BCUT2D eigenvalue weighted by atomic mass is 79.9. The third-order valence-corrected chi connectivity index (χ3v) is 6.83. The van der Waals surface area contributed by atoms with E-state index in [1.165, 1.54) is 11.3 Å². The number of aromatic nitrogens is 2. The van der Waals surface area contributed by atoms with Crippen molar-refractivity contribution in [3.63, 3.8) is 0 Å². The van der Waals surface area contributed by atoms with Crippen molar-refractivity contribution in [3.8, 4) is 28.3 Å². The molecule has 0 aliphatic rings. The van der Waals surface area contributed by atoms with E-state index in [9.17, 15) is 9.59 Å². The molecule has 2 heterocycles. The molecule has 0 bridgehead atoms. The molecule has 0 aliphatic carbocycles. The zero-order chi connectivity index (χ0) is 25.8. The summed E-state index contributed by atoms with van der Waals surface area (Å²) < 4.78 is 11.5. The molecule has 7 nitrogen and oxygen atoms in total. The molecule has 9 heteroatoms. The van der Waals surface area contributed by atoms with E-state index in [4.69, 9.17) is 9.47 Å². The van der Waals surface area contributed by atoms with Gasteiger partial charge in [-0.2, -0.15) is 0 Å². The summed E-state index contributed by atoms with van der Waals surface area (Å²) in [4.78, 5) is 34.7. The summed E-state index contributed by atoms with van der Waals surface area (Å²) in [6, 6.07) is 24.1. The number of esters is 1. The number of halogens is 1. The van der Waals surface area contributed by atoms with E-state index < -0.39 is 18.5 Å². The first-order valence-corrected chi connectivity index (χ1v) is 12.9. The van der Waals surface area contributed by atoms with Gasteiger partial charge in [-0.15, -0.1) is 11.3 Å². The predicted molar refractivity (Wildman–Crippen MR) is 148 cm³/mol. The van der Waals surface area contributed by atoms with Crippen LogP contribution in [0.25, 0.3) is 33.4 Å². The van der Waals surface area contributed by atoms with Gasteiger partial charge in [0.1, 0.15) is 5.75 Å². The number of benzene rings is 3. The first-order chi connectivity index (χ1) is 18.0. The van der Waals surface area contributed by atoms with Crippen LogP contribution >= 0.6 is 27.3 Å². The van der Waals surface area contributed by atoms with E-state index in [1.807, 2.05) is 72.1 Å². The number of hydrogen-bond acceptors (Lipinski definition) is 7. The second-order valence-corrected chi connectivity index (χ2v) is 9.74. The van der Waals surface area contributed by atoms with Gasteiger partial charge in [0.05, 0.1) is 29.6 Å². The number of fused-ring (bicyclic) bond motifs is 1. The van der Waals surface area contributed by atoms with Gasteiger partial charge in [-0.3, -0.25) is 10.1 Å². The summed E-state index contributed by atoms with van der Waals surface area (Å²) in [5.41, 5.74) is 4.12. The molecule has 0 fully saturated rings. The Labute approximate surface area is 225 Å². The number of ether oxygens (including phenoxy) is 2. The van der Waals surface area contributed by atoms with Crippen LogP contribution in [0, 0.1) is 0 Å². The highest BCUT2D eigenvalue weighted by molar-refractivity contribution is 9.10. The van der Waals surface area contributed by atoms with Crippen LogP contribution in [0.4, 0.5) is 5.13 Å². The molecular formula is C28H20BrN3O4S. The fraction of sp³-hybridized carbons (Fsp3) is 0.0714. The first kappa shape index (κ1) is 24.6. The Kier molecular flexibility index (Phi) is 7.25. The van der Waals surface area contributed by atoms with Gasteiger partial charge in [0.2, 0.25) is 0 Å². The molecule has 5 aromatic rings. The molecule has 1 amide bonds. The minimum atomic E-state index is -0.606. The Bertz CT molecular complexity index is 1580. The fourth-order valence-corrected chi connectivity index (χ4v) is 4.70. The molecule has 5 rings (SSSR count). The standard InChI is InChI=1S/C28H20BrN3O4S/c1-35-20-12-8-18(9-13-20)25-16-37-28(31-25)32-26(33)15-36-27(34)22-14-24(17-6-10-19(29)11-7-17)30-23-5-3-2-4-21(22)23/h2-14,16H,15H2,1H3,(H,31,32,33). The van der Waals surface area contributed by atoms with Gasteiger partial charge in [-0.1, -0.05) is 46.3 Å². The number of amides is 1. The molecule has 37 heavy (non-hydrogen) atoms. The number of carbonyl (C=O) groups excluding carboxylic acids is 2. The summed E-state index contributed by atoms with van der Waals surface area (Å²) in [6.07, 6.45) is 0. The van der Waals surface area contributed by atoms with Gasteiger partial charge < -0.3 is 9.47 Å². The smallest absolute Gasteiger partial charge is 0.339 e. The van der Waals surface area contributed by atoms with Gasteiger partial charge >= 0.3 is 5.97 Å². The zero-order valence-corrected chi connectivity index (χ0v) is 22.0. The van der Waals surface area contributed by atoms with Crippen molar-refractivity contribution in [1.29, 1.82) is 0 Å². The third-order valence-electron chi connectivity index (χ3n) is 5.55. The molecule has 0 atom stereocenters. The Morgan fingerprint density at radius 1 is 0.919 bits per heavy atom. The summed E-state index contributed by atoms with van der Waals surface area (Å²) in [6.45, 7) is -0.444. The summed E-state index contributed by atoms with van der Waals surface area (Å²) in [7, 11) is 1.61. The number of rotatable bonds is 7. The fourth-order valence-electron chi connectivity index (χ4n) is 3.70. The van der Waals surface area contributed by atoms with E-state index in [0.717, 1.165) is 27.0 Å². The summed E-state index contributed by atoms with van der Waals surface area (Å²) >= 11 is 4.72. The lowest BCUT2D eigenvalue weighted by atomic mass is 10.0.